The van der Waals surface area contributed by atoms with Crippen LogP contribution in [-0.2, 0) is 22.4 Å². The molecule has 1 aliphatic heterocycles. The first-order valence-electron chi connectivity index (χ1n) is 10.1. The van der Waals surface area contributed by atoms with Crippen LogP contribution in [0.4, 0.5) is 0 Å². The number of aliphatic carboxylic acids is 1. The Kier molecular flexibility index (Phi) is 9.44. The van der Waals surface area contributed by atoms with Crippen LogP contribution in [0.1, 0.15) is 55.9 Å². The minimum atomic E-state index is -0.781. The number of likely N-dealkylation sites (tertiary alicyclic amines) is 1. The maximum Gasteiger partial charge on any atom is 0.303 e. The number of unbranched alkanes of at least 4 members (excludes halogenated alkanes) is 1. The molecule has 1 amide bonds. The molecule has 154 valence electrons. The standard InChI is InChI=1S/C22H31NO4S/c1-2-17-13-15-28-20(17)16-19(24)12-11-18-8-7-9-21(25)23(18)14-6-4-3-5-10-22(26)27/h4,6,11-13,15,18-19,24H,2-3,5,7-10,14,16H2,1H3,(H,26,27)/t18-,19?/m1/s1. The Labute approximate surface area is 171 Å². The zero-order valence-electron chi connectivity index (χ0n) is 16.5. The van der Waals surface area contributed by atoms with Gasteiger partial charge in [-0.3, -0.25) is 9.59 Å². The number of hydrogen-bond acceptors (Lipinski definition) is 4. The smallest absolute Gasteiger partial charge is 0.303 e. The lowest BCUT2D eigenvalue weighted by Gasteiger charge is -2.33. The molecule has 1 aromatic heterocycles. The van der Waals surface area contributed by atoms with Gasteiger partial charge >= 0.3 is 5.97 Å². The van der Waals surface area contributed by atoms with Crippen LogP contribution in [0.5, 0.6) is 0 Å². The Balaban J connectivity index is 1.88. The maximum atomic E-state index is 12.3. The SMILES string of the molecule is CCc1ccsc1CC(O)C=C[C@H]1CCCC(=O)N1CC=CCCCC(=O)O. The Bertz CT molecular complexity index is 694. The summed E-state index contributed by atoms with van der Waals surface area (Å²) in [5, 5.41) is 21.1. The molecule has 2 N–H and O–H groups in total. The van der Waals surface area contributed by atoms with Crippen LogP contribution < -0.4 is 0 Å². The Morgan fingerprint density at radius 2 is 2.25 bits per heavy atom. The molecular weight excluding hydrogens is 374 g/mol. The first-order valence-corrected chi connectivity index (χ1v) is 11.0. The molecule has 5 nitrogen and oxygen atoms in total. The van der Waals surface area contributed by atoms with Gasteiger partial charge in [-0.15, -0.1) is 11.3 Å². The van der Waals surface area contributed by atoms with Crippen molar-refractivity contribution in [3.63, 3.8) is 0 Å². The Hall–Kier alpha value is -1.92. The van der Waals surface area contributed by atoms with E-state index >= 15 is 0 Å². The molecule has 0 radical (unpaired) electrons. The topological polar surface area (TPSA) is 77.8 Å². The number of carbonyl (C=O) groups is 2. The number of piperidine rings is 1. The number of aliphatic hydroxyl groups is 1. The molecular formula is C22H31NO4S. The lowest BCUT2D eigenvalue weighted by Crippen LogP contribution is -2.42. The monoisotopic (exact) mass is 405 g/mol. The van der Waals surface area contributed by atoms with E-state index in [1.165, 1.54) is 10.4 Å². The van der Waals surface area contributed by atoms with Gasteiger partial charge in [0.1, 0.15) is 0 Å². The van der Waals surface area contributed by atoms with Gasteiger partial charge in [-0.2, -0.15) is 0 Å². The minimum absolute atomic E-state index is 0.00792. The van der Waals surface area contributed by atoms with Gasteiger partial charge in [-0.1, -0.05) is 31.2 Å². The van der Waals surface area contributed by atoms with E-state index in [2.05, 4.69) is 18.4 Å². The average Bonchev–Trinajstić information content (AvgIpc) is 3.11. The fourth-order valence-corrected chi connectivity index (χ4v) is 4.46. The summed E-state index contributed by atoms with van der Waals surface area (Å²) in [5.74, 6) is -0.644. The number of aryl methyl sites for hydroxylation is 1. The number of carboxylic acid groups (broad SMARTS) is 1. The van der Waals surface area contributed by atoms with Gasteiger partial charge in [0, 0.05) is 30.7 Å². The molecule has 28 heavy (non-hydrogen) atoms. The van der Waals surface area contributed by atoms with Crippen molar-refractivity contribution in [3.05, 3.63) is 46.2 Å². The Morgan fingerprint density at radius 1 is 1.43 bits per heavy atom. The van der Waals surface area contributed by atoms with Gasteiger partial charge in [-0.05, 0) is 49.1 Å². The fourth-order valence-electron chi connectivity index (χ4n) is 3.44. The van der Waals surface area contributed by atoms with Crippen molar-refractivity contribution < 1.29 is 19.8 Å². The van der Waals surface area contributed by atoms with E-state index in [-0.39, 0.29) is 18.4 Å². The first kappa shape index (κ1) is 22.4. The number of nitrogens with zero attached hydrogens (tertiary/aromatic N) is 1. The van der Waals surface area contributed by atoms with Crippen molar-refractivity contribution in [2.75, 3.05) is 6.54 Å². The van der Waals surface area contributed by atoms with Gasteiger partial charge in [0.15, 0.2) is 0 Å². The van der Waals surface area contributed by atoms with E-state index in [9.17, 15) is 14.7 Å². The van der Waals surface area contributed by atoms with Crippen LogP contribution in [0.2, 0.25) is 0 Å². The summed E-state index contributed by atoms with van der Waals surface area (Å²) in [6, 6.07) is 2.12. The number of allylic oxidation sites excluding steroid dienone is 1. The quantitative estimate of drug-likeness (QED) is 0.431. The summed E-state index contributed by atoms with van der Waals surface area (Å²) in [5.41, 5.74) is 1.29. The van der Waals surface area contributed by atoms with Gasteiger partial charge in [-0.25, -0.2) is 0 Å². The third-order valence-corrected chi connectivity index (χ3v) is 6.00. The summed E-state index contributed by atoms with van der Waals surface area (Å²) >= 11 is 1.68. The van der Waals surface area contributed by atoms with Crippen molar-refractivity contribution in [1.29, 1.82) is 0 Å². The summed E-state index contributed by atoms with van der Waals surface area (Å²) in [4.78, 5) is 25.9. The highest BCUT2D eigenvalue weighted by Gasteiger charge is 2.25. The second kappa shape index (κ2) is 11.8. The van der Waals surface area contributed by atoms with Crippen molar-refractivity contribution in [2.45, 2.75) is 70.4 Å². The van der Waals surface area contributed by atoms with E-state index in [0.717, 1.165) is 19.3 Å². The van der Waals surface area contributed by atoms with Gasteiger partial charge in [0.25, 0.3) is 0 Å². The van der Waals surface area contributed by atoms with Crippen LogP contribution in [0, 0.1) is 0 Å². The van der Waals surface area contributed by atoms with Crippen LogP contribution in [-0.4, -0.2) is 45.7 Å². The molecule has 0 saturated carbocycles. The number of aliphatic hydroxyl groups excluding tert-OH is 1. The molecule has 0 bridgehead atoms. The molecule has 0 spiro atoms. The fraction of sp³-hybridized carbons (Fsp3) is 0.545. The van der Waals surface area contributed by atoms with Crippen molar-refractivity contribution >= 4 is 23.2 Å². The molecule has 6 heteroatoms. The number of carboxylic acids is 1. The highest BCUT2D eigenvalue weighted by atomic mass is 32.1. The second-order valence-corrected chi connectivity index (χ2v) is 8.14. The third kappa shape index (κ3) is 7.24. The number of hydrogen-bond donors (Lipinski definition) is 2. The first-order chi connectivity index (χ1) is 13.5. The van der Waals surface area contributed by atoms with Crippen molar-refractivity contribution in [1.82, 2.24) is 4.90 Å². The predicted molar refractivity (Wildman–Crippen MR) is 113 cm³/mol. The van der Waals surface area contributed by atoms with Crippen LogP contribution in [0.15, 0.2) is 35.8 Å². The zero-order chi connectivity index (χ0) is 20.4. The largest absolute Gasteiger partial charge is 0.481 e. The average molecular weight is 406 g/mol. The molecule has 2 heterocycles. The lowest BCUT2D eigenvalue weighted by molar-refractivity contribution is -0.137. The summed E-state index contributed by atoms with van der Waals surface area (Å²) in [7, 11) is 0. The highest BCUT2D eigenvalue weighted by Crippen LogP contribution is 2.22. The van der Waals surface area contributed by atoms with Crippen molar-refractivity contribution in [2.24, 2.45) is 0 Å². The minimum Gasteiger partial charge on any atom is -0.481 e. The number of thiophene rings is 1. The Morgan fingerprint density at radius 3 is 3.00 bits per heavy atom. The molecule has 0 aliphatic carbocycles. The molecule has 1 saturated heterocycles. The highest BCUT2D eigenvalue weighted by molar-refractivity contribution is 7.10. The summed E-state index contributed by atoms with van der Waals surface area (Å²) in [6.07, 6.45) is 12.5. The van der Waals surface area contributed by atoms with E-state index in [1.807, 2.05) is 29.2 Å². The van der Waals surface area contributed by atoms with Crippen LogP contribution in [0.3, 0.4) is 0 Å². The van der Waals surface area contributed by atoms with E-state index < -0.39 is 12.1 Å². The number of amides is 1. The number of rotatable bonds is 11. The molecule has 2 atom stereocenters. The van der Waals surface area contributed by atoms with E-state index in [4.69, 9.17) is 5.11 Å². The maximum absolute atomic E-state index is 12.3. The zero-order valence-corrected chi connectivity index (χ0v) is 17.4. The van der Waals surface area contributed by atoms with Gasteiger partial charge in [0.05, 0.1) is 12.1 Å². The molecule has 1 aliphatic rings. The third-order valence-electron chi connectivity index (χ3n) is 5.01. The normalized spacial score (nSPS) is 19.0. The van der Waals surface area contributed by atoms with Gasteiger partial charge in [0.2, 0.25) is 5.91 Å². The van der Waals surface area contributed by atoms with Crippen LogP contribution in [0.25, 0.3) is 0 Å². The molecule has 1 fully saturated rings. The van der Waals surface area contributed by atoms with E-state index in [0.29, 0.717) is 32.2 Å². The summed E-state index contributed by atoms with van der Waals surface area (Å²) in [6.45, 7) is 2.65. The second-order valence-electron chi connectivity index (χ2n) is 7.14. The molecule has 0 aromatic carbocycles. The van der Waals surface area contributed by atoms with E-state index in [1.54, 1.807) is 11.3 Å². The lowest BCUT2D eigenvalue weighted by atomic mass is 10.00. The molecule has 2 rings (SSSR count). The van der Waals surface area contributed by atoms with Crippen LogP contribution >= 0.6 is 11.3 Å². The number of carbonyl (C=O) groups excluding carboxylic acids is 1. The summed E-state index contributed by atoms with van der Waals surface area (Å²) < 4.78 is 0. The van der Waals surface area contributed by atoms with Crippen molar-refractivity contribution in [3.8, 4) is 0 Å². The molecule has 1 unspecified atom stereocenters. The molecule has 1 aromatic rings. The van der Waals surface area contributed by atoms with Gasteiger partial charge < -0.3 is 15.1 Å². The predicted octanol–water partition coefficient (Wildman–Crippen LogP) is 3.96.